The summed E-state index contributed by atoms with van der Waals surface area (Å²) in [5, 5.41) is 13.5. The predicted octanol–water partition coefficient (Wildman–Crippen LogP) is 3.60. The summed E-state index contributed by atoms with van der Waals surface area (Å²) in [5.74, 6) is -0.258. The molecular formula is C14H13FN2O2S. The van der Waals surface area contributed by atoms with Crippen molar-refractivity contribution in [2.24, 2.45) is 0 Å². The van der Waals surface area contributed by atoms with Crippen molar-refractivity contribution in [1.29, 1.82) is 0 Å². The number of nitrogens with zero attached hydrogens (tertiary/aromatic N) is 1. The largest absolute Gasteiger partial charge is 0.316 e. The molecule has 1 N–H and O–H groups in total. The molecule has 0 aliphatic rings. The minimum atomic E-state index is -0.441. The molecule has 0 amide bonds. The zero-order chi connectivity index (χ0) is 14.5. The van der Waals surface area contributed by atoms with Crippen LogP contribution >= 0.6 is 11.8 Å². The number of hydrogen-bond donors (Lipinski definition) is 1. The maximum Gasteiger partial charge on any atom is 0.269 e. The third-order valence-corrected chi connectivity index (χ3v) is 3.82. The van der Waals surface area contributed by atoms with Crippen LogP contribution in [0.5, 0.6) is 0 Å². The molecular weight excluding hydrogens is 279 g/mol. The molecule has 6 heteroatoms. The van der Waals surface area contributed by atoms with Gasteiger partial charge in [0, 0.05) is 34.0 Å². The lowest BCUT2D eigenvalue weighted by molar-refractivity contribution is -0.384. The van der Waals surface area contributed by atoms with Crippen LogP contribution in [0.2, 0.25) is 0 Å². The number of nitro benzene ring substituents is 1. The minimum Gasteiger partial charge on any atom is -0.316 e. The normalized spacial score (nSPS) is 10.5. The van der Waals surface area contributed by atoms with Gasteiger partial charge in [0.15, 0.2) is 0 Å². The third kappa shape index (κ3) is 3.34. The number of non-ortho nitro benzene ring substituents is 1. The monoisotopic (exact) mass is 292 g/mol. The number of nitro groups is 1. The van der Waals surface area contributed by atoms with Crippen molar-refractivity contribution in [3.63, 3.8) is 0 Å². The summed E-state index contributed by atoms with van der Waals surface area (Å²) in [7, 11) is 1.76. The first-order valence-electron chi connectivity index (χ1n) is 5.96. The van der Waals surface area contributed by atoms with E-state index in [-0.39, 0.29) is 11.5 Å². The molecule has 4 nitrogen and oxygen atoms in total. The van der Waals surface area contributed by atoms with E-state index in [2.05, 4.69) is 5.32 Å². The van der Waals surface area contributed by atoms with Crippen molar-refractivity contribution in [2.75, 3.05) is 7.05 Å². The van der Waals surface area contributed by atoms with E-state index in [1.807, 2.05) is 6.07 Å². The summed E-state index contributed by atoms with van der Waals surface area (Å²) in [6.45, 7) is 0.433. The Morgan fingerprint density at radius 1 is 1.25 bits per heavy atom. The van der Waals surface area contributed by atoms with E-state index in [0.29, 0.717) is 12.1 Å². The van der Waals surface area contributed by atoms with Crippen LogP contribution in [0.3, 0.4) is 0 Å². The number of benzene rings is 2. The van der Waals surface area contributed by atoms with Crippen molar-refractivity contribution in [3.8, 4) is 0 Å². The van der Waals surface area contributed by atoms with Crippen LogP contribution in [0, 0.1) is 15.9 Å². The fourth-order valence-corrected chi connectivity index (χ4v) is 2.71. The van der Waals surface area contributed by atoms with E-state index in [9.17, 15) is 14.5 Å². The van der Waals surface area contributed by atoms with Gasteiger partial charge in [0.05, 0.1) is 4.92 Å². The van der Waals surface area contributed by atoms with Crippen LogP contribution < -0.4 is 5.32 Å². The van der Waals surface area contributed by atoms with Gasteiger partial charge in [-0.05, 0) is 31.3 Å². The number of halogens is 1. The molecule has 0 saturated heterocycles. The molecule has 2 aromatic carbocycles. The topological polar surface area (TPSA) is 55.2 Å². The Morgan fingerprint density at radius 2 is 1.95 bits per heavy atom. The van der Waals surface area contributed by atoms with Crippen LogP contribution in [0.1, 0.15) is 5.56 Å². The van der Waals surface area contributed by atoms with E-state index in [1.54, 1.807) is 25.2 Å². The highest BCUT2D eigenvalue weighted by molar-refractivity contribution is 7.99. The number of rotatable bonds is 5. The van der Waals surface area contributed by atoms with Crippen LogP contribution in [0.15, 0.2) is 52.3 Å². The van der Waals surface area contributed by atoms with Crippen LogP contribution in [-0.4, -0.2) is 12.0 Å². The van der Waals surface area contributed by atoms with Crippen molar-refractivity contribution in [3.05, 3.63) is 64.0 Å². The summed E-state index contributed by atoms with van der Waals surface area (Å²) in [4.78, 5) is 11.8. The summed E-state index contributed by atoms with van der Waals surface area (Å²) < 4.78 is 13.8. The molecule has 2 rings (SSSR count). The van der Waals surface area contributed by atoms with Gasteiger partial charge in [0.1, 0.15) is 5.82 Å². The van der Waals surface area contributed by atoms with E-state index >= 15 is 0 Å². The smallest absolute Gasteiger partial charge is 0.269 e. The van der Waals surface area contributed by atoms with Crippen molar-refractivity contribution >= 4 is 17.4 Å². The minimum absolute atomic E-state index is 0.0454. The highest BCUT2D eigenvalue weighted by Gasteiger charge is 2.10. The Hall–Kier alpha value is -1.92. The molecule has 0 aliphatic heterocycles. The van der Waals surface area contributed by atoms with Gasteiger partial charge in [-0.1, -0.05) is 17.8 Å². The van der Waals surface area contributed by atoms with Gasteiger partial charge in [0.2, 0.25) is 0 Å². The van der Waals surface area contributed by atoms with E-state index in [4.69, 9.17) is 0 Å². The lowest BCUT2D eigenvalue weighted by Gasteiger charge is -2.09. The second kappa shape index (κ2) is 6.49. The zero-order valence-corrected chi connectivity index (χ0v) is 11.6. The standard InChI is InChI=1S/C14H13FN2O2S/c1-16-9-12-13(15)3-2-4-14(12)20-11-7-5-10(6-8-11)17(18)19/h2-8,16H,9H2,1H3. The van der Waals surface area contributed by atoms with Crippen molar-refractivity contribution < 1.29 is 9.31 Å². The molecule has 0 spiro atoms. The molecule has 0 saturated carbocycles. The maximum absolute atomic E-state index is 13.8. The first-order chi connectivity index (χ1) is 9.61. The second-order valence-electron chi connectivity index (χ2n) is 4.10. The maximum atomic E-state index is 13.8. The average Bonchev–Trinajstić information content (AvgIpc) is 2.43. The Labute approximate surface area is 120 Å². The van der Waals surface area contributed by atoms with Gasteiger partial charge in [-0.3, -0.25) is 10.1 Å². The van der Waals surface area contributed by atoms with Gasteiger partial charge < -0.3 is 5.32 Å². The molecule has 20 heavy (non-hydrogen) atoms. The average molecular weight is 292 g/mol. The van der Waals surface area contributed by atoms with E-state index in [0.717, 1.165) is 9.79 Å². The summed E-state index contributed by atoms with van der Waals surface area (Å²) >= 11 is 1.39. The van der Waals surface area contributed by atoms with Gasteiger partial charge in [-0.25, -0.2) is 4.39 Å². The van der Waals surface area contributed by atoms with Crippen LogP contribution in [0.25, 0.3) is 0 Å². The molecule has 0 bridgehead atoms. The first-order valence-corrected chi connectivity index (χ1v) is 6.77. The van der Waals surface area contributed by atoms with Crippen molar-refractivity contribution in [2.45, 2.75) is 16.3 Å². The Bertz CT molecular complexity index is 617. The molecule has 0 aliphatic carbocycles. The van der Waals surface area contributed by atoms with Crippen LogP contribution in [0.4, 0.5) is 10.1 Å². The molecule has 0 heterocycles. The Kier molecular flexibility index (Phi) is 4.70. The summed E-state index contributed by atoms with van der Waals surface area (Å²) in [5.41, 5.74) is 0.641. The molecule has 0 unspecified atom stereocenters. The third-order valence-electron chi connectivity index (χ3n) is 2.70. The number of hydrogen-bond acceptors (Lipinski definition) is 4. The Morgan fingerprint density at radius 3 is 2.55 bits per heavy atom. The summed E-state index contributed by atoms with van der Waals surface area (Å²) in [6, 6.07) is 11.1. The quantitative estimate of drug-likeness (QED) is 0.675. The van der Waals surface area contributed by atoms with E-state index < -0.39 is 4.92 Å². The molecule has 0 atom stereocenters. The first kappa shape index (κ1) is 14.5. The van der Waals surface area contributed by atoms with Gasteiger partial charge >= 0.3 is 0 Å². The lowest BCUT2D eigenvalue weighted by Crippen LogP contribution is -2.08. The molecule has 2 aromatic rings. The highest BCUT2D eigenvalue weighted by atomic mass is 32.2. The van der Waals surface area contributed by atoms with E-state index in [1.165, 1.54) is 30.0 Å². The predicted molar refractivity (Wildman–Crippen MR) is 76.4 cm³/mol. The van der Waals surface area contributed by atoms with Gasteiger partial charge in [-0.15, -0.1) is 0 Å². The fourth-order valence-electron chi connectivity index (χ4n) is 1.75. The zero-order valence-electron chi connectivity index (χ0n) is 10.8. The fraction of sp³-hybridized carbons (Fsp3) is 0.143. The molecule has 104 valence electrons. The van der Waals surface area contributed by atoms with Gasteiger partial charge in [-0.2, -0.15) is 0 Å². The Balaban J connectivity index is 2.25. The molecule has 0 fully saturated rings. The number of nitrogens with one attached hydrogen (secondary N) is 1. The molecule has 0 radical (unpaired) electrons. The molecule has 0 aromatic heterocycles. The SMILES string of the molecule is CNCc1c(F)cccc1Sc1ccc([N+](=O)[O-])cc1. The highest BCUT2D eigenvalue weighted by Crippen LogP contribution is 2.32. The summed E-state index contributed by atoms with van der Waals surface area (Å²) in [6.07, 6.45) is 0. The lowest BCUT2D eigenvalue weighted by atomic mass is 10.2. The van der Waals surface area contributed by atoms with Gasteiger partial charge in [0.25, 0.3) is 5.69 Å². The second-order valence-corrected chi connectivity index (χ2v) is 5.22. The van der Waals surface area contributed by atoms with Crippen LogP contribution in [-0.2, 0) is 6.54 Å². The van der Waals surface area contributed by atoms with Crippen molar-refractivity contribution in [1.82, 2.24) is 5.32 Å².